The summed E-state index contributed by atoms with van der Waals surface area (Å²) in [5.74, 6) is 0. The molecule has 4 heteroatoms. The fourth-order valence-electron chi connectivity index (χ4n) is 4.58. The van der Waals surface area contributed by atoms with E-state index in [0.29, 0.717) is 0 Å². The quantitative estimate of drug-likeness (QED) is 0.252. The first-order chi connectivity index (χ1) is 18.9. The zero-order valence-corrected chi connectivity index (χ0v) is 22.6. The predicted molar refractivity (Wildman–Crippen MR) is 165 cm³/mol. The van der Waals surface area contributed by atoms with Crippen LogP contribution in [0.2, 0.25) is 0 Å². The van der Waals surface area contributed by atoms with Crippen molar-refractivity contribution in [3.05, 3.63) is 158 Å². The topological polar surface area (TPSA) is 25.8 Å². The summed E-state index contributed by atoms with van der Waals surface area (Å²) in [5.41, 5.74) is 4.52. The highest BCUT2D eigenvalue weighted by Gasteiger charge is 2.20. The number of pyridine rings is 2. The zero-order valence-electron chi connectivity index (χ0n) is 20.8. The Morgan fingerprint density at radius 2 is 0.632 bits per heavy atom. The Hall–Kier alpha value is -3.96. The zero-order chi connectivity index (χ0) is 25.6. The molecule has 0 atom stereocenters. The Bertz CT molecular complexity index is 1410. The van der Waals surface area contributed by atoms with Crippen molar-refractivity contribution in [3.8, 4) is 11.1 Å². The number of hydrogen-bond acceptors (Lipinski definition) is 2. The third-order valence-corrected chi connectivity index (χ3v) is 11.0. The molecular formula is C34H26N2P2. The Morgan fingerprint density at radius 1 is 0.342 bits per heavy atom. The van der Waals surface area contributed by atoms with E-state index in [1.165, 1.54) is 21.2 Å². The van der Waals surface area contributed by atoms with Gasteiger partial charge in [-0.05, 0) is 56.6 Å². The largest absolute Gasteiger partial charge is 0.256 e. The minimum atomic E-state index is -0.768. The van der Waals surface area contributed by atoms with Crippen LogP contribution in [-0.2, 0) is 0 Å². The van der Waals surface area contributed by atoms with Crippen molar-refractivity contribution in [1.29, 1.82) is 0 Å². The van der Waals surface area contributed by atoms with Gasteiger partial charge < -0.3 is 0 Å². The van der Waals surface area contributed by atoms with Gasteiger partial charge in [-0.3, -0.25) is 9.97 Å². The van der Waals surface area contributed by atoms with Crippen LogP contribution in [0.5, 0.6) is 0 Å². The lowest BCUT2D eigenvalue weighted by molar-refractivity contribution is 1.37. The second-order valence-electron chi connectivity index (χ2n) is 8.82. The summed E-state index contributed by atoms with van der Waals surface area (Å²) in [7, 11) is -1.54. The maximum Gasteiger partial charge on any atom is 0.0727 e. The molecule has 0 radical (unpaired) electrons. The fraction of sp³-hybridized carbons (Fsp3) is 0. The smallest absolute Gasteiger partial charge is 0.0727 e. The molecule has 38 heavy (non-hydrogen) atoms. The van der Waals surface area contributed by atoms with E-state index < -0.39 is 15.8 Å². The Balaban J connectivity index is 1.43. The number of aromatic nitrogens is 2. The molecule has 0 amide bonds. The first kappa shape index (κ1) is 24.4. The van der Waals surface area contributed by atoms with Gasteiger partial charge in [-0.25, -0.2) is 0 Å². The van der Waals surface area contributed by atoms with Gasteiger partial charge in [0.15, 0.2) is 0 Å². The number of nitrogens with zero attached hydrogens (tertiary/aromatic N) is 2. The van der Waals surface area contributed by atoms with Crippen molar-refractivity contribution in [2.24, 2.45) is 0 Å². The van der Waals surface area contributed by atoms with E-state index in [4.69, 9.17) is 9.97 Å². The third kappa shape index (κ3) is 5.34. The molecule has 2 nitrogen and oxygen atoms in total. The molecule has 2 heterocycles. The van der Waals surface area contributed by atoms with E-state index in [2.05, 4.69) is 146 Å². The second kappa shape index (κ2) is 11.6. The van der Waals surface area contributed by atoms with Crippen molar-refractivity contribution >= 4 is 47.9 Å². The van der Waals surface area contributed by atoms with Crippen LogP contribution in [0.15, 0.2) is 158 Å². The monoisotopic (exact) mass is 524 g/mol. The highest BCUT2D eigenvalue weighted by Crippen LogP contribution is 2.35. The first-order valence-electron chi connectivity index (χ1n) is 12.6. The molecule has 0 aliphatic heterocycles. The minimum Gasteiger partial charge on any atom is -0.256 e. The predicted octanol–water partition coefficient (Wildman–Crippen LogP) is 5.66. The van der Waals surface area contributed by atoms with Gasteiger partial charge in [-0.15, -0.1) is 0 Å². The standard InChI is InChI=1S/C34H26N2P2/c1-5-13-29(14-6-1)37(30-15-7-2-8-16-30)33-25-27(21-23-35-33)28-22-24-36-34(26-28)38(31-17-9-3-10-18-31)32-19-11-4-12-20-32/h1-26H. The van der Waals surface area contributed by atoms with Crippen LogP contribution in [0.25, 0.3) is 11.1 Å². The summed E-state index contributed by atoms with van der Waals surface area (Å²) in [4.78, 5) is 9.78. The lowest BCUT2D eigenvalue weighted by atomic mass is 10.1. The molecule has 6 aromatic rings. The molecule has 4 aromatic carbocycles. The number of rotatable bonds is 7. The summed E-state index contributed by atoms with van der Waals surface area (Å²) in [6.45, 7) is 0. The van der Waals surface area contributed by atoms with Crippen LogP contribution >= 0.6 is 15.8 Å². The molecule has 0 fully saturated rings. The van der Waals surface area contributed by atoms with Gasteiger partial charge >= 0.3 is 0 Å². The first-order valence-corrected chi connectivity index (χ1v) is 15.3. The van der Waals surface area contributed by atoms with E-state index in [1.807, 2.05) is 12.4 Å². The summed E-state index contributed by atoms with van der Waals surface area (Å²) >= 11 is 0. The van der Waals surface area contributed by atoms with Crippen molar-refractivity contribution < 1.29 is 0 Å². The molecule has 6 rings (SSSR count). The molecule has 2 aromatic heterocycles. The Kier molecular flexibility index (Phi) is 7.45. The fourth-order valence-corrected chi connectivity index (χ4v) is 9.01. The van der Waals surface area contributed by atoms with Gasteiger partial charge in [-0.2, -0.15) is 0 Å². The molecule has 0 bridgehead atoms. The van der Waals surface area contributed by atoms with Crippen LogP contribution in [0.1, 0.15) is 0 Å². The van der Waals surface area contributed by atoms with Gasteiger partial charge in [0.1, 0.15) is 0 Å². The van der Waals surface area contributed by atoms with Gasteiger partial charge in [-0.1, -0.05) is 121 Å². The van der Waals surface area contributed by atoms with Crippen LogP contribution in [0.4, 0.5) is 0 Å². The van der Waals surface area contributed by atoms with Gasteiger partial charge in [0, 0.05) is 28.2 Å². The van der Waals surface area contributed by atoms with Gasteiger partial charge in [0.2, 0.25) is 0 Å². The summed E-state index contributed by atoms with van der Waals surface area (Å²) in [5, 5.41) is 5.19. The molecule has 0 saturated heterocycles. The van der Waals surface area contributed by atoms with Crippen LogP contribution in [-0.4, -0.2) is 9.97 Å². The van der Waals surface area contributed by atoms with E-state index in [0.717, 1.165) is 22.0 Å². The number of benzene rings is 4. The van der Waals surface area contributed by atoms with Crippen LogP contribution in [0.3, 0.4) is 0 Å². The highest BCUT2D eigenvalue weighted by molar-refractivity contribution is 7.80. The average Bonchev–Trinajstić information content (AvgIpc) is 3.00. The molecule has 182 valence electrons. The molecule has 0 saturated carbocycles. The summed E-state index contributed by atoms with van der Waals surface area (Å²) < 4.78 is 0. The van der Waals surface area contributed by atoms with Crippen molar-refractivity contribution in [1.82, 2.24) is 9.97 Å². The minimum absolute atomic E-state index is 0.768. The summed E-state index contributed by atoms with van der Waals surface area (Å²) in [6.07, 6.45) is 3.90. The highest BCUT2D eigenvalue weighted by atomic mass is 31.1. The molecule has 0 N–H and O–H groups in total. The molecule has 0 aliphatic rings. The molecule has 0 aliphatic carbocycles. The maximum atomic E-state index is 4.89. The van der Waals surface area contributed by atoms with E-state index in [-0.39, 0.29) is 0 Å². The molecular weight excluding hydrogens is 498 g/mol. The molecule has 0 spiro atoms. The normalized spacial score (nSPS) is 11.1. The van der Waals surface area contributed by atoms with Gasteiger partial charge in [0.05, 0.1) is 10.9 Å². The Labute approximate surface area is 226 Å². The lowest BCUT2D eigenvalue weighted by Gasteiger charge is -2.20. The van der Waals surface area contributed by atoms with Crippen LogP contribution in [0, 0.1) is 0 Å². The van der Waals surface area contributed by atoms with E-state index in [9.17, 15) is 0 Å². The maximum absolute atomic E-state index is 4.89. The average molecular weight is 525 g/mol. The SMILES string of the molecule is c1ccc(P(c2ccccc2)c2cc(-c3ccnc(P(c4ccccc4)c4ccccc4)c3)ccn2)cc1. The van der Waals surface area contributed by atoms with Crippen molar-refractivity contribution in [2.45, 2.75) is 0 Å². The van der Waals surface area contributed by atoms with E-state index in [1.54, 1.807) is 0 Å². The summed E-state index contributed by atoms with van der Waals surface area (Å²) in [6, 6.07) is 51.6. The van der Waals surface area contributed by atoms with Gasteiger partial charge in [0.25, 0.3) is 0 Å². The van der Waals surface area contributed by atoms with Crippen LogP contribution < -0.4 is 32.1 Å². The van der Waals surface area contributed by atoms with E-state index >= 15 is 0 Å². The number of hydrogen-bond donors (Lipinski definition) is 0. The Morgan fingerprint density at radius 3 is 0.921 bits per heavy atom. The molecule has 0 unspecified atom stereocenters. The third-order valence-electron chi connectivity index (χ3n) is 6.34. The lowest BCUT2D eigenvalue weighted by Crippen LogP contribution is -2.23. The van der Waals surface area contributed by atoms with Crippen molar-refractivity contribution in [3.63, 3.8) is 0 Å². The van der Waals surface area contributed by atoms with Crippen molar-refractivity contribution in [2.75, 3.05) is 0 Å². The second-order valence-corrected chi connectivity index (χ2v) is 13.1.